The van der Waals surface area contributed by atoms with Crippen LogP contribution in [-0.2, 0) is 10.1 Å². The number of amides is 1. The van der Waals surface area contributed by atoms with Crippen LogP contribution in [0.25, 0.3) is 6.08 Å². The SMILES string of the molecule is NC(=O)c1ccc(Cl)cc1Cl.O=S(=O)(O)/C=C/c1c(F)cc(F)cc1F. The van der Waals surface area contributed by atoms with Gasteiger partial charge in [0, 0.05) is 22.7 Å². The molecule has 0 radical (unpaired) electrons. The number of carbonyl (C=O) groups is 1. The second-order valence-corrected chi connectivity index (χ2v) is 6.73. The molecule has 0 atom stereocenters. The molecule has 0 fully saturated rings. The van der Waals surface area contributed by atoms with Crippen molar-refractivity contribution < 1.29 is 30.9 Å². The van der Waals surface area contributed by atoms with Gasteiger partial charge in [0.05, 0.1) is 16.0 Å². The van der Waals surface area contributed by atoms with Gasteiger partial charge in [-0.25, -0.2) is 13.2 Å². The van der Waals surface area contributed by atoms with Crippen molar-refractivity contribution in [3.8, 4) is 0 Å². The minimum absolute atomic E-state index is 0.201. The van der Waals surface area contributed by atoms with E-state index in [1.807, 2.05) is 0 Å². The minimum atomic E-state index is -4.47. The zero-order chi connectivity index (χ0) is 20.1. The average Bonchev–Trinajstić information content (AvgIpc) is 2.44. The first-order chi connectivity index (χ1) is 11.9. The molecule has 2 rings (SSSR count). The van der Waals surface area contributed by atoms with Crippen molar-refractivity contribution in [3.63, 3.8) is 0 Å². The summed E-state index contributed by atoms with van der Waals surface area (Å²) in [7, 11) is -4.47. The van der Waals surface area contributed by atoms with Gasteiger partial charge < -0.3 is 5.73 Å². The number of carbonyl (C=O) groups excluding carboxylic acids is 1. The van der Waals surface area contributed by atoms with Crippen molar-refractivity contribution in [1.82, 2.24) is 0 Å². The van der Waals surface area contributed by atoms with Gasteiger partial charge in [-0.3, -0.25) is 9.35 Å². The number of benzene rings is 2. The Balaban J connectivity index is 0.000000273. The fourth-order valence-corrected chi connectivity index (χ4v) is 2.37. The average molecular weight is 428 g/mol. The van der Waals surface area contributed by atoms with E-state index in [0.717, 1.165) is 0 Å². The molecule has 0 aromatic heterocycles. The molecular weight excluding hydrogens is 418 g/mol. The highest BCUT2D eigenvalue weighted by molar-refractivity contribution is 7.88. The summed E-state index contributed by atoms with van der Waals surface area (Å²) in [6.07, 6.45) is 0.499. The van der Waals surface area contributed by atoms with Gasteiger partial charge in [-0.15, -0.1) is 0 Å². The van der Waals surface area contributed by atoms with Gasteiger partial charge in [0.1, 0.15) is 17.5 Å². The van der Waals surface area contributed by atoms with E-state index in [4.69, 9.17) is 33.5 Å². The number of primary amides is 1. The molecule has 11 heteroatoms. The second kappa shape index (κ2) is 9.04. The Morgan fingerprint density at radius 2 is 1.62 bits per heavy atom. The molecule has 0 aliphatic carbocycles. The van der Waals surface area contributed by atoms with Crippen LogP contribution in [0.3, 0.4) is 0 Å². The van der Waals surface area contributed by atoms with Gasteiger partial charge in [0.15, 0.2) is 0 Å². The molecule has 26 heavy (non-hydrogen) atoms. The highest BCUT2D eigenvalue weighted by Gasteiger charge is 2.09. The third kappa shape index (κ3) is 7.04. The molecule has 0 spiro atoms. The van der Waals surface area contributed by atoms with E-state index in [-0.39, 0.29) is 16.0 Å². The van der Waals surface area contributed by atoms with E-state index in [2.05, 4.69) is 0 Å². The zero-order valence-electron chi connectivity index (χ0n) is 12.6. The maximum Gasteiger partial charge on any atom is 0.287 e. The van der Waals surface area contributed by atoms with Gasteiger partial charge in [-0.05, 0) is 24.3 Å². The van der Waals surface area contributed by atoms with Gasteiger partial charge >= 0.3 is 0 Å². The van der Waals surface area contributed by atoms with Gasteiger partial charge in [-0.2, -0.15) is 8.42 Å². The maximum atomic E-state index is 12.9. The number of hydrogen-bond donors (Lipinski definition) is 2. The predicted octanol–water partition coefficient (Wildman–Crippen LogP) is 4.05. The number of hydrogen-bond acceptors (Lipinski definition) is 3. The molecular formula is C15H10Cl2F3NO4S. The third-order valence-corrected chi connectivity index (χ3v) is 3.67. The molecule has 0 saturated heterocycles. The quantitative estimate of drug-likeness (QED) is 0.721. The van der Waals surface area contributed by atoms with Crippen LogP contribution in [0, 0.1) is 17.5 Å². The Hall–Kier alpha value is -2.07. The number of rotatable bonds is 3. The van der Waals surface area contributed by atoms with Crippen molar-refractivity contribution in [2.24, 2.45) is 5.73 Å². The lowest BCUT2D eigenvalue weighted by Gasteiger charge is -1.98. The Kier molecular flexibility index (Phi) is 7.64. The van der Waals surface area contributed by atoms with Crippen LogP contribution in [0.2, 0.25) is 10.0 Å². The molecule has 0 saturated carbocycles. The molecule has 1 amide bonds. The summed E-state index contributed by atoms with van der Waals surface area (Å²) in [4.78, 5) is 10.6. The summed E-state index contributed by atoms with van der Waals surface area (Å²) in [6.45, 7) is 0. The van der Waals surface area contributed by atoms with E-state index in [0.29, 0.717) is 23.2 Å². The van der Waals surface area contributed by atoms with E-state index in [9.17, 15) is 26.4 Å². The lowest BCUT2D eigenvalue weighted by molar-refractivity contribution is 0.100. The standard InChI is InChI=1S/C8H5F3O3S.C7H5Cl2NO/c9-5-3-7(10)6(8(11)4-5)1-2-15(12,13)14;8-4-1-2-5(7(10)11)6(9)3-4/h1-4H,(H,12,13,14);1-3H,(H2,10,11)/b2-1+;. The number of halogens is 5. The molecule has 0 aliphatic rings. The number of nitrogens with two attached hydrogens (primary N) is 1. The molecule has 0 aliphatic heterocycles. The Morgan fingerprint density at radius 1 is 1.08 bits per heavy atom. The normalized spacial score (nSPS) is 11.2. The van der Waals surface area contributed by atoms with Crippen LogP contribution in [0.1, 0.15) is 15.9 Å². The molecule has 3 N–H and O–H groups in total. The Morgan fingerprint density at radius 3 is 2.04 bits per heavy atom. The first-order valence-electron chi connectivity index (χ1n) is 6.45. The summed E-state index contributed by atoms with van der Waals surface area (Å²) >= 11 is 11.2. The first kappa shape index (κ1) is 22.0. The summed E-state index contributed by atoms with van der Waals surface area (Å²) in [5, 5.41) is 0.969. The van der Waals surface area contributed by atoms with Crippen LogP contribution < -0.4 is 5.73 Å². The van der Waals surface area contributed by atoms with Crippen LogP contribution in [0.15, 0.2) is 35.7 Å². The highest BCUT2D eigenvalue weighted by atomic mass is 35.5. The van der Waals surface area contributed by atoms with Crippen molar-refractivity contribution in [2.45, 2.75) is 0 Å². The Labute approximate surface area is 156 Å². The maximum absolute atomic E-state index is 12.9. The molecule has 2 aromatic carbocycles. The largest absolute Gasteiger partial charge is 0.366 e. The lowest BCUT2D eigenvalue weighted by atomic mass is 10.2. The highest BCUT2D eigenvalue weighted by Crippen LogP contribution is 2.20. The zero-order valence-corrected chi connectivity index (χ0v) is 14.9. The van der Waals surface area contributed by atoms with Crippen molar-refractivity contribution in [2.75, 3.05) is 0 Å². The van der Waals surface area contributed by atoms with Crippen LogP contribution in [-0.4, -0.2) is 18.9 Å². The second-order valence-electron chi connectivity index (χ2n) is 4.59. The van der Waals surface area contributed by atoms with E-state index in [1.165, 1.54) is 12.1 Å². The summed E-state index contributed by atoms with van der Waals surface area (Å²) in [5.74, 6) is -4.18. The van der Waals surface area contributed by atoms with E-state index in [1.54, 1.807) is 6.07 Å². The molecule has 0 bridgehead atoms. The monoisotopic (exact) mass is 427 g/mol. The van der Waals surface area contributed by atoms with Crippen LogP contribution >= 0.6 is 23.2 Å². The molecule has 2 aromatic rings. The molecule has 5 nitrogen and oxygen atoms in total. The first-order valence-corrected chi connectivity index (χ1v) is 8.71. The van der Waals surface area contributed by atoms with Crippen molar-refractivity contribution >= 4 is 45.3 Å². The van der Waals surface area contributed by atoms with Crippen molar-refractivity contribution in [3.05, 3.63) is 74.4 Å². The fraction of sp³-hybridized carbons (Fsp3) is 0. The summed E-state index contributed by atoms with van der Waals surface area (Å²) < 4.78 is 66.9. The Bertz CT molecular complexity index is 942. The molecule has 140 valence electrons. The third-order valence-electron chi connectivity index (χ3n) is 2.65. The fourth-order valence-electron chi connectivity index (χ4n) is 1.56. The minimum Gasteiger partial charge on any atom is -0.366 e. The topological polar surface area (TPSA) is 97.5 Å². The predicted molar refractivity (Wildman–Crippen MR) is 91.9 cm³/mol. The van der Waals surface area contributed by atoms with Crippen molar-refractivity contribution in [1.29, 1.82) is 0 Å². The summed E-state index contributed by atoms with van der Waals surface area (Å²) in [6, 6.07) is 5.32. The van der Waals surface area contributed by atoms with E-state index >= 15 is 0 Å². The van der Waals surface area contributed by atoms with Crippen LogP contribution in [0.5, 0.6) is 0 Å². The van der Waals surface area contributed by atoms with Gasteiger partial charge in [-0.1, -0.05) is 23.2 Å². The van der Waals surface area contributed by atoms with E-state index < -0.39 is 39.0 Å². The smallest absolute Gasteiger partial charge is 0.287 e. The molecule has 0 unspecified atom stereocenters. The van der Waals surface area contributed by atoms with Gasteiger partial charge in [0.25, 0.3) is 10.1 Å². The van der Waals surface area contributed by atoms with Gasteiger partial charge in [0.2, 0.25) is 5.91 Å². The lowest BCUT2D eigenvalue weighted by Crippen LogP contribution is -2.11. The molecule has 0 heterocycles. The summed E-state index contributed by atoms with van der Waals surface area (Å²) in [5.41, 5.74) is 4.54. The van der Waals surface area contributed by atoms with Crippen LogP contribution in [0.4, 0.5) is 13.2 Å².